The van der Waals surface area contributed by atoms with Gasteiger partial charge in [0.2, 0.25) is 5.91 Å². The summed E-state index contributed by atoms with van der Waals surface area (Å²) in [5.41, 5.74) is 0. The van der Waals surface area contributed by atoms with E-state index in [2.05, 4.69) is 5.32 Å². The van der Waals surface area contributed by atoms with E-state index in [1.54, 1.807) is 14.2 Å². The molecular formula is C10H22N2O2. The molecule has 84 valence electrons. The first-order valence-electron chi connectivity index (χ1n) is 5.05. The molecule has 14 heavy (non-hydrogen) atoms. The highest BCUT2D eigenvalue weighted by Crippen LogP contribution is 2.02. The molecule has 1 N–H and O–H groups in total. The molecule has 0 rings (SSSR count). The lowest BCUT2D eigenvalue weighted by Gasteiger charge is -2.29. The summed E-state index contributed by atoms with van der Waals surface area (Å²) >= 11 is 0. The molecule has 0 saturated carbocycles. The van der Waals surface area contributed by atoms with Gasteiger partial charge in [0.05, 0.1) is 18.7 Å². The number of methoxy groups -OCH3 is 1. The molecule has 0 spiro atoms. The normalized spacial score (nSPS) is 14.9. The number of amides is 1. The lowest BCUT2D eigenvalue weighted by molar-refractivity contribution is -0.135. The Kier molecular flexibility index (Phi) is 6.49. The van der Waals surface area contributed by atoms with Crippen molar-refractivity contribution in [3.8, 4) is 0 Å². The first-order chi connectivity index (χ1) is 6.58. The van der Waals surface area contributed by atoms with Crippen molar-refractivity contribution in [3.05, 3.63) is 0 Å². The Morgan fingerprint density at radius 3 is 2.43 bits per heavy atom. The van der Waals surface area contributed by atoms with Gasteiger partial charge in [0.1, 0.15) is 0 Å². The highest BCUT2D eigenvalue weighted by atomic mass is 16.5. The maximum absolute atomic E-state index is 11.8. The number of nitrogens with one attached hydrogen (secondary N) is 1. The van der Waals surface area contributed by atoms with Crippen molar-refractivity contribution < 1.29 is 9.53 Å². The Labute approximate surface area is 86.6 Å². The molecule has 4 heteroatoms. The molecule has 0 fully saturated rings. The zero-order valence-corrected chi connectivity index (χ0v) is 9.83. The van der Waals surface area contributed by atoms with Crippen LogP contribution in [0.15, 0.2) is 0 Å². The summed E-state index contributed by atoms with van der Waals surface area (Å²) in [7, 11) is 3.44. The van der Waals surface area contributed by atoms with Gasteiger partial charge in [-0.3, -0.25) is 4.79 Å². The van der Waals surface area contributed by atoms with E-state index in [4.69, 9.17) is 4.74 Å². The molecule has 0 aliphatic heterocycles. The van der Waals surface area contributed by atoms with Crippen molar-refractivity contribution in [2.75, 3.05) is 27.3 Å². The number of rotatable bonds is 6. The van der Waals surface area contributed by atoms with E-state index in [0.29, 0.717) is 6.61 Å². The largest absolute Gasteiger partial charge is 0.383 e. The van der Waals surface area contributed by atoms with Crippen molar-refractivity contribution in [1.82, 2.24) is 10.2 Å². The average molecular weight is 202 g/mol. The quantitative estimate of drug-likeness (QED) is 0.681. The lowest BCUT2D eigenvalue weighted by Crippen LogP contribution is -2.48. The Hall–Kier alpha value is -0.610. The molecule has 0 aromatic heterocycles. The molecule has 4 nitrogen and oxygen atoms in total. The van der Waals surface area contributed by atoms with E-state index in [-0.39, 0.29) is 18.0 Å². The predicted octanol–water partition coefficient (Wildman–Crippen LogP) is 0.478. The van der Waals surface area contributed by atoms with Gasteiger partial charge in [-0.1, -0.05) is 0 Å². The molecule has 0 aliphatic carbocycles. The molecule has 0 aromatic rings. The summed E-state index contributed by atoms with van der Waals surface area (Å²) in [5, 5.41) is 2.94. The molecule has 0 aromatic carbocycles. The van der Waals surface area contributed by atoms with E-state index in [1.165, 1.54) is 0 Å². The van der Waals surface area contributed by atoms with Crippen LogP contribution >= 0.6 is 0 Å². The smallest absolute Gasteiger partial charge is 0.239 e. The van der Waals surface area contributed by atoms with E-state index in [9.17, 15) is 4.79 Å². The maximum Gasteiger partial charge on any atom is 0.239 e. The molecule has 0 heterocycles. The maximum atomic E-state index is 11.8. The second-order valence-corrected chi connectivity index (χ2v) is 3.44. The minimum absolute atomic E-state index is 0.125. The summed E-state index contributed by atoms with van der Waals surface area (Å²) in [4.78, 5) is 13.7. The van der Waals surface area contributed by atoms with E-state index in [0.717, 1.165) is 6.54 Å². The SMILES string of the molecule is CCN(C(=O)C(C)NC)C(C)COC. The molecule has 2 unspecified atom stereocenters. The Bertz CT molecular complexity index is 174. The summed E-state index contributed by atoms with van der Waals surface area (Å²) in [5.74, 6) is 0.125. The van der Waals surface area contributed by atoms with E-state index < -0.39 is 0 Å². The van der Waals surface area contributed by atoms with Gasteiger partial charge in [0.15, 0.2) is 0 Å². The summed E-state index contributed by atoms with van der Waals surface area (Å²) < 4.78 is 5.04. The van der Waals surface area contributed by atoms with Crippen LogP contribution in [-0.2, 0) is 9.53 Å². The zero-order valence-electron chi connectivity index (χ0n) is 9.83. The van der Waals surface area contributed by atoms with Crippen LogP contribution in [0.4, 0.5) is 0 Å². The monoisotopic (exact) mass is 202 g/mol. The first-order valence-corrected chi connectivity index (χ1v) is 5.05. The molecule has 0 aliphatic rings. The average Bonchev–Trinajstić information content (AvgIpc) is 2.18. The Balaban J connectivity index is 4.31. The number of hydrogen-bond donors (Lipinski definition) is 1. The molecule has 2 atom stereocenters. The third-order valence-electron chi connectivity index (χ3n) is 2.37. The number of nitrogens with zero attached hydrogens (tertiary/aromatic N) is 1. The zero-order chi connectivity index (χ0) is 11.1. The second-order valence-electron chi connectivity index (χ2n) is 3.44. The van der Waals surface area contributed by atoms with Gasteiger partial charge in [-0.2, -0.15) is 0 Å². The number of ether oxygens (including phenoxy) is 1. The number of likely N-dealkylation sites (N-methyl/N-ethyl adjacent to an activating group) is 2. The summed E-state index contributed by atoms with van der Waals surface area (Å²) in [6.07, 6.45) is 0. The van der Waals surface area contributed by atoms with Crippen LogP contribution in [0, 0.1) is 0 Å². The Morgan fingerprint density at radius 1 is 1.50 bits per heavy atom. The molecule has 0 radical (unpaired) electrons. The minimum atomic E-state index is -0.130. The number of carbonyl (C=O) groups is 1. The van der Waals surface area contributed by atoms with Crippen LogP contribution < -0.4 is 5.32 Å². The fourth-order valence-electron chi connectivity index (χ4n) is 1.39. The predicted molar refractivity (Wildman–Crippen MR) is 57.2 cm³/mol. The van der Waals surface area contributed by atoms with Gasteiger partial charge in [-0.15, -0.1) is 0 Å². The van der Waals surface area contributed by atoms with Crippen molar-refractivity contribution in [2.24, 2.45) is 0 Å². The highest BCUT2D eigenvalue weighted by Gasteiger charge is 2.22. The van der Waals surface area contributed by atoms with Crippen LogP contribution in [0.3, 0.4) is 0 Å². The van der Waals surface area contributed by atoms with Gasteiger partial charge in [0, 0.05) is 13.7 Å². The summed E-state index contributed by atoms with van der Waals surface area (Å²) in [6.45, 7) is 7.13. The van der Waals surface area contributed by atoms with Crippen LogP contribution in [0.25, 0.3) is 0 Å². The highest BCUT2D eigenvalue weighted by molar-refractivity contribution is 5.81. The van der Waals surface area contributed by atoms with Gasteiger partial charge >= 0.3 is 0 Å². The summed E-state index contributed by atoms with van der Waals surface area (Å²) in [6, 6.07) is 0.00237. The van der Waals surface area contributed by atoms with E-state index in [1.807, 2.05) is 25.7 Å². The van der Waals surface area contributed by atoms with E-state index >= 15 is 0 Å². The van der Waals surface area contributed by atoms with Gasteiger partial charge in [-0.25, -0.2) is 0 Å². The number of carbonyl (C=O) groups excluding carboxylic acids is 1. The molecule has 0 bridgehead atoms. The molecule has 1 amide bonds. The molecule has 0 saturated heterocycles. The van der Waals surface area contributed by atoms with Crippen LogP contribution in [0.5, 0.6) is 0 Å². The standard InChI is InChI=1S/C10H22N2O2/c1-6-12(8(2)7-14-5)10(13)9(3)11-4/h8-9,11H,6-7H2,1-5H3. The second kappa shape index (κ2) is 6.79. The third-order valence-corrected chi connectivity index (χ3v) is 2.37. The number of hydrogen-bond acceptors (Lipinski definition) is 3. The third kappa shape index (κ3) is 3.64. The van der Waals surface area contributed by atoms with Gasteiger partial charge in [-0.05, 0) is 27.8 Å². The van der Waals surface area contributed by atoms with Crippen molar-refractivity contribution in [1.29, 1.82) is 0 Å². The van der Waals surface area contributed by atoms with Crippen LogP contribution in [0.1, 0.15) is 20.8 Å². The van der Waals surface area contributed by atoms with Gasteiger partial charge < -0.3 is 15.0 Å². The minimum Gasteiger partial charge on any atom is -0.383 e. The Morgan fingerprint density at radius 2 is 2.07 bits per heavy atom. The van der Waals surface area contributed by atoms with Crippen molar-refractivity contribution in [2.45, 2.75) is 32.9 Å². The lowest BCUT2D eigenvalue weighted by atomic mass is 10.2. The van der Waals surface area contributed by atoms with Crippen LogP contribution in [0.2, 0.25) is 0 Å². The first kappa shape index (κ1) is 13.4. The van der Waals surface area contributed by atoms with Crippen molar-refractivity contribution >= 4 is 5.91 Å². The van der Waals surface area contributed by atoms with Crippen molar-refractivity contribution in [3.63, 3.8) is 0 Å². The fraction of sp³-hybridized carbons (Fsp3) is 0.900. The fourth-order valence-corrected chi connectivity index (χ4v) is 1.39. The topological polar surface area (TPSA) is 41.6 Å². The molecular weight excluding hydrogens is 180 g/mol. The van der Waals surface area contributed by atoms with Crippen LogP contribution in [-0.4, -0.2) is 50.2 Å². The van der Waals surface area contributed by atoms with Gasteiger partial charge in [0.25, 0.3) is 0 Å².